The van der Waals surface area contributed by atoms with E-state index in [2.05, 4.69) is 15.1 Å². The first kappa shape index (κ1) is 11.8. The molecule has 6 nitrogen and oxygen atoms in total. The smallest absolute Gasteiger partial charge is 0.232 e. The number of hydrogen-bond acceptors (Lipinski definition) is 5. The first-order valence-electron chi connectivity index (χ1n) is 5.26. The van der Waals surface area contributed by atoms with Gasteiger partial charge in [0.05, 0.1) is 12.4 Å². The Morgan fingerprint density at radius 3 is 2.61 bits per heavy atom. The predicted octanol–water partition coefficient (Wildman–Crippen LogP) is 1.15. The predicted molar refractivity (Wildman–Crippen MR) is 65.3 cm³/mol. The summed E-state index contributed by atoms with van der Waals surface area (Å²) in [6.45, 7) is 0.415. The van der Waals surface area contributed by atoms with E-state index in [-0.39, 0.29) is 5.84 Å². The molecule has 0 aliphatic heterocycles. The summed E-state index contributed by atoms with van der Waals surface area (Å²) in [4.78, 5) is 7.96. The molecule has 0 aliphatic carbocycles. The standard InChI is InChI=1S/C12H12N4O2/c13-12(16-17)10-6-15-11(7-14-10)18-8-9-4-2-1-3-5-9/h1-7,17H,8H2,(H2,13,16). The van der Waals surface area contributed by atoms with Crippen LogP contribution in [0.5, 0.6) is 5.88 Å². The molecule has 0 saturated heterocycles. The van der Waals surface area contributed by atoms with Crippen molar-refractivity contribution in [2.75, 3.05) is 0 Å². The van der Waals surface area contributed by atoms with E-state index in [0.717, 1.165) is 5.56 Å². The van der Waals surface area contributed by atoms with Crippen molar-refractivity contribution in [3.05, 3.63) is 54.0 Å². The first-order chi connectivity index (χ1) is 8.79. The van der Waals surface area contributed by atoms with Gasteiger partial charge in [-0.3, -0.25) is 0 Å². The van der Waals surface area contributed by atoms with Gasteiger partial charge in [0.15, 0.2) is 5.84 Å². The number of oxime groups is 1. The monoisotopic (exact) mass is 244 g/mol. The molecule has 0 atom stereocenters. The molecule has 1 aromatic carbocycles. The summed E-state index contributed by atoms with van der Waals surface area (Å²) >= 11 is 0. The highest BCUT2D eigenvalue weighted by Crippen LogP contribution is 2.07. The van der Waals surface area contributed by atoms with Gasteiger partial charge in [-0.1, -0.05) is 35.5 Å². The second-order valence-electron chi connectivity index (χ2n) is 3.50. The van der Waals surface area contributed by atoms with Gasteiger partial charge in [-0.2, -0.15) is 0 Å². The molecular formula is C12H12N4O2. The summed E-state index contributed by atoms with van der Waals surface area (Å²) in [5, 5.41) is 11.3. The van der Waals surface area contributed by atoms with E-state index in [1.165, 1.54) is 12.4 Å². The van der Waals surface area contributed by atoms with Gasteiger partial charge in [0.25, 0.3) is 0 Å². The molecule has 92 valence electrons. The molecule has 3 N–H and O–H groups in total. The van der Waals surface area contributed by atoms with E-state index in [1.54, 1.807) is 0 Å². The number of rotatable bonds is 4. The Morgan fingerprint density at radius 1 is 1.22 bits per heavy atom. The van der Waals surface area contributed by atoms with Gasteiger partial charge in [-0.05, 0) is 5.56 Å². The molecule has 6 heteroatoms. The van der Waals surface area contributed by atoms with Gasteiger partial charge in [0.1, 0.15) is 12.3 Å². The van der Waals surface area contributed by atoms with Crippen LogP contribution in [0.15, 0.2) is 47.9 Å². The van der Waals surface area contributed by atoms with E-state index < -0.39 is 0 Å². The lowest BCUT2D eigenvalue weighted by Gasteiger charge is -2.05. The van der Waals surface area contributed by atoms with Gasteiger partial charge < -0.3 is 15.7 Å². The maximum atomic E-state index is 8.47. The zero-order valence-electron chi connectivity index (χ0n) is 9.52. The molecule has 2 aromatic rings. The summed E-state index contributed by atoms with van der Waals surface area (Å²) in [5.41, 5.74) is 6.70. The molecule has 0 amide bonds. The third-order valence-corrected chi connectivity index (χ3v) is 2.23. The number of hydrogen-bond donors (Lipinski definition) is 2. The zero-order valence-corrected chi connectivity index (χ0v) is 9.52. The summed E-state index contributed by atoms with van der Waals surface area (Å²) in [7, 11) is 0. The van der Waals surface area contributed by atoms with E-state index in [4.69, 9.17) is 15.7 Å². The average molecular weight is 244 g/mol. The second kappa shape index (κ2) is 5.62. The quantitative estimate of drug-likeness (QED) is 0.364. The van der Waals surface area contributed by atoms with Crippen LogP contribution in [0.1, 0.15) is 11.3 Å². The zero-order chi connectivity index (χ0) is 12.8. The van der Waals surface area contributed by atoms with Crippen molar-refractivity contribution in [2.24, 2.45) is 10.9 Å². The minimum absolute atomic E-state index is 0.0860. The summed E-state index contributed by atoms with van der Waals surface area (Å²) in [5.74, 6) is 0.297. The Balaban J connectivity index is 1.99. The highest BCUT2D eigenvalue weighted by molar-refractivity contribution is 5.94. The SMILES string of the molecule is N/C(=N/O)c1cnc(OCc2ccccc2)cn1. The van der Waals surface area contributed by atoms with Crippen LogP contribution in [0, 0.1) is 0 Å². The lowest BCUT2D eigenvalue weighted by Crippen LogP contribution is -2.15. The Hall–Kier alpha value is -2.63. The molecule has 0 fully saturated rings. The van der Waals surface area contributed by atoms with Crippen LogP contribution in [0.3, 0.4) is 0 Å². The molecule has 1 aromatic heterocycles. The van der Waals surface area contributed by atoms with Crippen molar-refractivity contribution in [2.45, 2.75) is 6.61 Å². The van der Waals surface area contributed by atoms with Crippen LogP contribution in [0.2, 0.25) is 0 Å². The van der Waals surface area contributed by atoms with Crippen LogP contribution in [0.25, 0.3) is 0 Å². The van der Waals surface area contributed by atoms with Crippen LogP contribution in [-0.4, -0.2) is 21.0 Å². The van der Waals surface area contributed by atoms with Crippen molar-refractivity contribution < 1.29 is 9.94 Å². The first-order valence-corrected chi connectivity index (χ1v) is 5.26. The van der Waals surface area contributed by atoms with E-state index in [0.29, 0.717) is 18.2 Å². The van der Waals surface area contributed by atoms with Crippen molar-refractivity contribution in [1.29, 1.82) is 0 Å². The molecule has 0 unspecified atom stereocenters. The number of amidine groups is 1. The molecular weight excluding hydrogens is 232 g/mol. The van der Waals surface area contributed by atoms with Crippen molar-refractivity contribution in [3.63, 3.8) is 0 Å². The Kier molecular flexibility index (Phi) is 3.70. The third-order valence-electron chi connectivity index (χ3n) is 2.23. The third kappa shape index (κ3) is 2.94. The Labute approximate surface area is 104 Å². The Morgan fingerprint density at radius 2 is 2.00 bits per heavy atom. The van der Waals surface area contributed by atoms with Gasteiger partial charge in [0.2, 0.25) is 5.88 Å². The topological polar surface area (TPSA) is 93.6 Å². The fraction of sp³-hybridized carbons (Fsp3) is 0.0833. The van der Waals surface area contributed by atoms with Crippen LogP contribution in [-0.2, 0) is 6.61 Å². The molecule has 0 bridgehead atoms. The Bertz CT molecular complexity index is 526. The fourth-order valence-corrected chi connectivity index (χ4v) is 1.31. The molecule has 0 saturated carbocycles. The highest BCUT2D eigenvalue weighted by atomic mass is 16.5. The lowest BCUT2D eigenvalue weighted by molar-refractivity contribution is 0.292. The molecule has 0 radical (unpaired) electrons. The van der Waals surface area contributed by atoms with Crippen molar-refractivity contribution in [3.8, 4) is 5.88 Å². The summed E-state index contributed by atoms with van der Waals surface area (Å²) in [6.07, 6.45) is 2.81. The van der Waals surface area contributed by atoms with E-state index in [1.807, 2.05) is 30.3 Å². The van der Waals surface area contributed by atoms with Gasteiger partial charge in [0, 0.05) is 0 Å². The van der Waals surface area contributed by atoms with Gasteiger partial charge >= 0.3 is 0 Å². The summed E-state index contributed by atoms with van der Waals surface area (Å²) in [6, 6.07) is 9.73. The highest BCUT2D eigenvalue weighted by Gasteiger charge is 2.02. The molecule has 0 aliphatic rings. The lowest BCUT2D eigenvalue weighted by atomic mass is 10.2. The molecule has 0 spiro atoms. The van der Waals surface area contributed by atoms with E-state index >= 15 is 0 Å². The number of ether oxygens (including phenoxy) is 1. The number of aromatic nitrogens is 2. The maximum absolute atomic E-state index is 8.47. The van der Waals surface area contributed by atoms with Gasteiger partial charge in [-0.25, -0.2) is 9.97 Å². The number of benzene rings is 1. The van der Waals surface area contributed by atoms with Crippen molar-refractivity contribution in [1.82, 2.24) is 9.97 Å². The number of nitrogens with two attached hydrogens (primary N) is 1. The largest absolute Gasteiger partial charge is 0.472 e. The molecule has 2 rings (SSSR count). The van der Waals surface area contributed by atoms with Crippen molar-refractivity contribution >= 4 is 5.84 Å². The van der Waals surface area contributed by atoms with Crippen LogP contribution in [0.4, 0.5) is 0 Å². The normalized spacial score (nSPS) is 11.2. The number of nitrogens with zero attached hydrogens (tertiary/aromatic N) is 3. The minimum atomic E-state index is -0.0860. The van der Waals surface area contributed by atoms with Crippen LogP contribution < -0.4 is 10.5 Å². The second-order valence-corrected chi connectivity index (χ2v) is 3.50. The molecule has 1 heterocycles. The fourth-order valence-electron chi connectivity index (χ4n) is 1.31. The maximum Gasteiger partial charge on any atom is 0.232 e. The average Bonchev–Trinajstić information content (AvgIpc) is 2.46. The molecule has 18 heavy (non-hydrogen) atoms. The van der Waals surface area contributed by atoms with Gasteiger partial charge in [-0.15, -0.1) is 0 Å². The van der Waals surface area contributed by atoms with Crippen LogP contribution >= 0.6 is 0 Å². The minimum Gasteiger partial charge on any atom is -0.472 e. The van der Waals surface area contributed by atoms with E-state index in [9.17, 15) is 0 Å². The summed E-state index contributed by atoms with van der Waals surface area (Å²) < 4.78 is 5.44.